The van der Waals surface area contributed by atoms with Crippen LogP contribution in [0.5, 0.6) is 0 Å². The first kappa shape index (κ1) is 11.5. The number of halogens is 2. The molecule has 0 aromatic heterocycles. The molecule has 0 radical (unpaired) electrons. The highest BCUT2D eigenvalue weighted by Gasteiger charge is 2.29. The van der Waals surface area contributed by atoms with Crippen LogP contribution in [-0.2, 0) is 11.2 Å². The maximum Gasteiger partial charge on any atom is 0.162 e. The van der Waals surface area contributed by atoms with E-state index in [9.17, 15) is 8.78 Å². The second kappa shape index (κ2) is 4.47. The zero-order chi connectivity index (χ0) is 11.6. The third kappa shape index (κ3) is 2.39. The first-order valence-corrected chi connectivity index (χ1v) is 5.40. The molecule has 1 fully saturated rings. The van der Waals surface area contributed by atoms with Crippen molar-refractivity contribution >= 4 is 0 Å². The minimum absolute atomic E-state index is 0.351. The first-order chi connectivity index (χ1) is 7.61. The predicted molar refractivity (Wildman–Crippen MR) is 57.0 cm³/mol. The second-order valence-corrected chi connectivity index (χ2v) is 4.36. The summed E-state index contributed by atoms with van der Waals surface area (Å²) >= 11 is 0. The molecule has 0 atom stereocenters. The lowest BCUT2D eigenvalue weighted by atomic mass is 9.84. The molecule has 2 nitrogen and oxygen atoms in total. The average Bonchev–Trinajstić information content (AvgIpc) is 2.26. The smallest absolute Gasteiger partial charge is 0.162 e. The second-order valence-electron chi connectivity index (χ2n) is 4.36. The van der Waals surface area contributed by atoms with Crippen LogP contribution in [0.1, 0.15) is 18.4 Å². The molecular formula is C12H15F2NO. The fourth-order valence-electron chi connectivity index (χ4n) is 2.02. The number of rotatable bonds is 2. The molecule has 1 aliphatic rings. The quantitative estimate of drug-likeness (QED) is 0.838. The molecule has 0 unspecified atom stereocenters. The number of benzene rings is 1. The van der Waals surface area contributed by atoms with Crippen molar-refractivity contribution in [1.82, 2.24) is 0 Å². The molecule has 0 amide bonds. The molecule has 2 rings (SSSR count). The van der Waals surface area contributed by atoms with Gasteiger partial charge in [-0.15, -0.1) is 0 Å². The third-order valence-corrected chi connectivity index (χ3v) is 3.06. The monoisotopic (exact) mass is 227 g/mol. The molecular weight excluding hydrogens is 212 g/mol. The molecule has 1 heterocycles. The maximum absolute atomic E-state index is 13.5. The van der Waals surface area contributed by atoms with Gasteiger partial charge in [0.05, 0.1) is 0 Å². The van der Waals surface area contributed by atoms with Gasteiger partial charge in [0.15, 0.2) is 11.6 Å². The van der Waals surface area contributed by atoms with E-state index in [0.717, 1.165) is 6.07 Å². The van der Waals surface area contributed by atoms with Crippen LogP contribution in [0.2, 0.25) is 0 Å². The van der Waals surface area contributed by atoms with Gasteiger partial charge in [-0.1, -0.05) is 12.1 Å². The van der Waals surface area contributed by atoms with Crippen LogP contribution < -0.4 is 5.73 Å². The van der Waals surface area contributed by atoms with Gasteiger partial charge in [0.2, 0.25) is 0 Å². The highest BCUT2D eigenvalue weighted by atomic mass is 19.2. The van der Waals surface area contributed by atoms with Gasteiger partial charge in [0.25, 0.3) is 0 Å². The molecule has 0 spiro atoms. The normalized spacial score (nSPS) is 19.7. The summed E-state index contributed by atoms with van der Waals surface area (Å²) in [5.74, 6) is -1.59. The highest BCUT2D eigenvalue weighted by molar-refractivity contribution is 5.21. The topological polar surface area (TPSA) is 35.2 Å². The lowest BCUT2D eigenvalue weighted by Crippen LogP contribution is -2.47. The van der Waals surface area contributed by atoms with Crippen LogP contribution in [0.3, 0.4) is 0 Å². The highest BCUT2D eigenvalue weighted by Crippen LogP contribution is 2.24. The molecule has 0 bridgehead atoms. The number of hydrogen-bond donors (Lipinski definition) is 1. The summed E-state index contributed by atoms with van der Waals surface area (Å²) in [5.41, 5.74) is 6.03. The summed E-state index contributed by atoms with van der Waals surface area (Å²) < 4.78 is 31.7. The van der Waals surface area contributed by atoms with Crippen LogP contribution in [-0.4, -0.2) is 18.8 Å². The lowest BCUT2D eigenvalue weighted by molar-refractivity contribution is 0.0530. The first-order valence-electron chi connectivity index (χ1n) is 5.40. The van der Waals surface area contributed by atoms with Crippen molar-refractivity contribution in [3.63, 3.8) is 0 Å². The van der Waals surface area contributed by atoms with E-state index in [2.05, 4.69) is 0 Å². The van der Waals surface area contributed by atoms with Crippen molar-refractivity contribution in [2.45, 2.75) is 24.8 Å². The van der Waals surface area contributed by atoms with Gasteiger partial charge >= 0.3 is 0 Å². The van der Waals surface area contributed by atoms with E-state index >= 15 is 0 Å². The van der Waals surface area contributed by atoms with Crippen molar-refractivity contribution in [2.24, 2.45) is 5.73 Å². The Morgan fingerprint density at radius 1 is 1.25 bits per heavy atom. The predicted octanol–water partition coefficient (Wildman–Crippen LogP) is 2.02. The Kier molecular flexibility index (Phi) is 3.21. The molecule has 1 aromatic carbocycles. The SMILES string of the molecule is NC1(Cc2cccc(F)c2F)CCOCC1. The van der Waals surface area contributed by atoms with E-state index < -0.39 is 17.2 Å². The van der Waals surface area contributed by atoms with Gasteiger partial charge in [0.1, 0.15) is 0 Å². The Balaban J connectivity index is 2.16. The van der Waals surface area contributed by atoms with Crippen molar-refractivity contribution < 1.29 is 13.5 Å². The molecule has 1 aromatic rings. The van der Waals surface area contributed by atoms with Gasteiger partial charge in [-0.3, -0.25) is 0 Å². The van der Waals surface area contributed by atoms with E-state index in [1.165, 1.54) is 6.07 Å². The summed E-state index contributed by atoms with van der Waals surface area (Å²) in [5, 5.41) is 0. The van der Waals surface area contributed by atoms with E-state index in [1.54, 1.807) is 6.07 Å². The van der Waals surface area contributed by atoms with Crippen LogP contribution in [0.4, 0.5) is 8.78 Å². The van der Waals surface area contributed by atoms with Gasteiger partial charge in [-0.2, -0.15) is 0 Å². The molecule has 1 saturated heterocycles. The maximum atomic E-state index is 13.5. The number of nitrogens with two attached hydrogens (primary N) is 1. The summed E-state index contributed by atoms with van der Waals surface area (Å²) in [4.78, 5) is 0. The Labute approximate surface area is 93.4 Å². The molecule has 88 valence electrons. The summed E-state index contributed by atoms with van der Waals surface area (Å²) in [6.45, 7) is 1.18. The Morgan fingerprint density at radius 2 is 1.94 bits per heavy atom. The summed E-state index contributed by atoms with van der Waals surface area (Å²) in [7, 11) is 0. The van der Waals surface area contributed by atoms with E-state index in [1.807, 2.05) is 0 Å². The average molecular weight is 227 g/mol. The van der Waals surface area contributed by atoms with Crippen LogP contribution in [0.25, 0.3) is 0 Å². The zero-order valence-electron chi connectivity index (χ0n) is 9.01. The standard InChI is InChI=1S/C12H15F2NO/c13-10-3-1-2-9(11(10)14)8-12(15)4-6-16-7-5-12/h1-3H,4-8,15H2. The fraction of sp³-hybridized carbons (Fsp3) is 0.500. The van der Waals surface area contributed by atoms with Gasteiger partial charge < -0.3 is 10.5 Å². The van der Waals surface area contributed by atoms with E-state index in [0.29, 0.717) is 38.0 Å². The van der Waals surface area contributed by atoms with Gasteiger partial charge in [-0.05, 0) is 30.9 Å². The number of ether oxygens (including phenoxy) is 1. The minimum Gasteiger partial charge on any atom is -0.381 e. The number of hydrogen-bond acceptors (Lipinski definition) is 2. The Bertz CT molecular complexity index is 375. The molecule has 2 N–H and O–H groups in total. The lowest BCUT2D eigenvalue weighted by Gasteiger charge is -2.33. The van der Waals surface area contributed by atoms with Crippen molar-refractivity contribution in [3.05, 3.63) is 35.4 Å². The molecule has 0 aliphatic carbocycles. The van der Waals surface area contributed by atoms with Crippen molar-refractivity contribution in [1.29, 1.82) is 0 Å². The van der Waals surface area contributed by atoms with E-state index in [4.69, 9.17) is 10.5 Å². The van der Waals surface area contributed by atoms with Crippen LogP contribution >= 0.6 is 0 Å². The molecule has 16 heavy (non-hydrogen) atoms. The van der Waals surface area contributed by atoms with Crippen molar-refractivity contribution in [3.8, 4) is 0 Å². The summed E-state index contributed by atoms with van der Waals surface area (Å²) in [6.07, 6.45) is 1.73. The molecule has 4 heteroatoms. The fourth-order valence-corrected chi connectivity index (χ4v) is 2.02. The van der Waals surface area contributed by atoms with Gasteiger partial charge in [-0.25, -0.2) is 8.78 Å². The molecule has 1 aliphatic heterocycles. The Morgan fingerprint density at radius 3 is 2.62 bits per heavy atom. The molecule has 0 saturated carbocycles. The van der Waals surface area contributed by atoms with Crippen LogP contribution in [0.15, 0.2) is 18.2 Å². The van der Waals surface area contributed by atoms with Crippen LogP contribution in [0, 0.1) is 11.6 Å². The largest absolute Gasteiger partial charge is 0.381 e. The third-order valence-electron chi connectivity index (χ3n) is 3.06. The zero-order valence-corrected chi connectivity index (χ0v) is 9.01. The Hall–Kier alpha value is -1.00. The summed E-state index contributed by atoms with van der Waals surface area (Å²) in [6, 6.07) is 4.21. The van der Waals surface area contributed by atoms with Gasteiger partial charge in [0, 0.05) is 18.8 Å². The van der Waals surface area contributed by atoms with E-state index in [-0.39, 0.29) is 0 Å². The van der Waals surface area contributed by atoms with Crippen molar-refractivity contribution in [2.75, 3.05) is 13.2 Å². The minimum atomic E-state index is -0.812.